The van der Waals surface area contributed by atoms with Crippen LogP contribution >= 0.6 is 0 Å². The van der Waals surface area contributed by atoms with Crippen LogP contribution in [0.4, 0.5) is 10.1 Å². The van der Waals surface area contributed by atoms with Crippen molar-refractivity contribution in [2.45, 2.75) is 26.2 Å². The number of hydrogen-bond acceptors (Lipinski definition) is 1. The first-order valence-electron chi connectivity index (χ1n) is 5.07. The predicted octanol–water partition coefficient (Wildman–Crippen LogP) is 2.69. The summed E-state index contributed by atoms with van der Waals surface area (Å²) < 4.78 is 13.0. The smallest absolute Gasteiger partial charge is 0.235 e. The molecule has 80 valence electrons. The van der Waals surface area contributed by atoms with Crippen LogP contribution in [0.5, 0.6) is 0 Å². The number of hydrogen-bond donors (Lipinski definition) is 1. The second-order valence-electron chi connectivity index (χ2n) is 4.50. The lowest BCUT2D eigenvalue weighted by molar-refractivity contribution is -0.121. The van der Waals surface area contributed by atoms with Crippen LogP contribution in [-0.2, 0) is 10.2 Å². The fraction of sp³-hybridized carbons (Fsp3) is 0.417. The van der Waals surface area contributed by atoms with E-state index in [1.54, 1.807) is 6.07 Å². The molecule has 2 rings (SSSR count). The summed E-state index contributed by atoms with van der Waals surface area (Å²) in [6, 6.07) is 4.48. The predicted molar refractivity (Wildman–Crippen MR) is 57.2 cm³/mol. The van der Waals surface area contributed by atoms with Crippen LogP contribution < -0.4 is 5.32 Å². The summed E-state index contributed by atoms with van der Waals surface area (Å²) in [5, 5.41) is 2.73. The minimum atomic E-state index is -0.539. The van der Waals surface area contributed by atoms with Crippen LogP contribution in [0.3, 0.4) is 0 Å². The molecule has 0 aromatic heterocycles. The van der Waals surface area contributed by atoms with Gasteiger partial charge < -0.3 is 5.32 Å². The van der Waals surface area contributed by atoms with Crippen LogP contribution in [0.25, 0.3) is 0 Å². The van der Waals surface area contributed by atoms with Crippen LogP contribution in [0.2, 0.25) is 0 Å². The van der Waals surface area contributed by atoms with E-state index in [1.807, 2.05) is 20.8 Å². The number of carbonyl (C=O) groups excluding carboxylic acids is 1. The zero-order chi connectivity index (χ0) is 11.2. The van der Waals surface area contributed by atoms with Gasteiger partial charge in [-0.2, -0.15) is 0 Å². The van der Waals surface area contributed by atoms with Crippen LogP contribution in [0.15, 0.2) is 18.2 Å². The van der Waals surface area contributed by atoms with Gasteiger partial charge >= 0.3 is 0 Å². The summed E-state index contributed by atoms with van der Waals surface area (Å²) in [4.78, 5) is 11.9. The Balaban J connectivity index is 2.60. The molecule has 1 atom stereocenters. The van der Waals surface area contributed by atoms with Gasteiger partial charge in [-0.3, -0.25) is 4.79 Å². The van der Waals surface area contributed by atoms with Crippen molar-refractivity contribution in [3.63, 3.8) is 0 Å². The first-order chi connectivity index (χ1) is 6.96. The zero-order valence-corrected chi connectivity index (χ0v) is 9.10. The molecule has 0 aliphatic carbocycles. The minimum Gasteiger partial charge on any atom is -0.325 e. The number of carbonyl (C=O) groups is 1. The number of benzene rings is 1. The summed E-state index contributed by atoms with van der Waals surface area (Å²) in [5.74, 6) is -0.177. The second kappa shape index (κ2) is 3.05. The van der Waals surface area contributed by atoms with Gasteiger partial charge in [-0.1, -0.05) is 19.9 Å². The lowest BCUT2D eigenvalue weighted by Gasteiger charge is -2.26. The number of rotatable bonds is 1. The summed E-state index contributed by atoms with van der Waals surface area (Å²) in [6.07, 6.45) is 0. The summed E-state index contributed by atoms with van der Waals surface area (Å²) in [7, 11) is 0. The molecule has 1 aliphatic rings. The maximum atomic E-state index is 13.0. The van der Waals surface area contributed by atoms with Gasteiger partial charge in [0.2, 0.25) is 5.91 Å². The van der Waals surface area contributed by atoms with E-state index in [2.05, 4.69) is 5.32 Å². The Bertz CT molecular complexity index is 428. The zero-order valence-electron chi connectivity index (χ0n) is 9.10. The lowest BCUT2D eigenvalue weighted by atomic mass is 9.74. The van der Waals surface area contributed by atoms with Gasteiger partial charge in [0.05, 0.1) is 5.41 Å². The van der Waals surface area contributed by atoms with Crippen molar-refractivity contribution in [1.29, 1.82) is 0 Å². The van der Waals surface area contributed by atoms with Gasteiger partial charge in [0, 0.05) is 5.69 Å². The number of fused-ring (bicyclic) bond motifs is 1. The van der Waals surface area contributed by atoms with Crippen molar-refractivity contribution in [3.8, 4) is 0 Å². The first kappa shape index (κ1) is 10.1. The van der Waals surface area contributed by atoms with Gasteiger partial charge in [0.15, 0.2) is 0 Å². The molecule has 1 aromatic rings. The van der Waals surface area contributed by atoms with E-state index in [1.165, 1.54) is 12.1 Å². The summed E-state index contributed by atoms with van der Waals surface area (Å²) in [6.45, 7) is 5.90. The number of amides is 1. The van der Waals surface area contributed by atoms with E-state index in [0.717, 1.165) is 5.56 Å². The Kier molecular flexibility index (Phi) is 2.07. The molecule has 1 aromatic carbocycles. The second-order valence-corrected chi connectivity index (χ2v) is 4.50. The number of anilines is 1. The van der Waals surface area contributed by atoms with Crippen LogP contribution in [-0.4, -0.2) is 5.91 Å². The normalized spacial score (nSPS) is 24.2. The first-order valence-corrected chi connectivity index (χ1v) is 5.07. The Hall–Kier alpha value is -1.38. The maximum Gasteiger partial charge on any atom is 0.235 e. The molecule has 1 aliphatic heterocycles. The fourth-order valence-electron chi connectivity index (χ4n) is 2.02. The summed E-state index contributed by atoms with van der Waals surface area (Å²) >= 11 is 0. The van der Waals surface area contributed by atoms with E-state index in [-0.39, 0.29) is 17.6 Å². The lowest BCUT2D eigenvalue weighted by Crippen LogP contribution is -2.36. The van der Waals surface area contributed by atoms with Crippen molar-refractivity contribution >= 4 is 11.6 Å². The van der Waals surface area contributed by atoms with Crippen molar-refractivity contribution in [2.75, 3.05) is 5.32 Å². The highest BCUT2D eigenvalue weighted by Crippen LogP contribution is 2.42. The molecule has 0 fully saturated rings. The van der Waals surface area contributed by atoms with Gasteiger partial charge in [-0.25, -0.2) is 4.39 Å². The van der Waals surface area contributed by atoms with Gasteiger partial charge in [0.25, 0.3) is 0 Å². The third-order valence-electron chi connectivity index (χ3n) is 3.42. The van der Waals surface area contributed by atoms with E-state index >= 15 is 0 Å². The van der Waals surface area contributed by atoms with Crippen LogP contribution in [0.1, 0.15) is 26.3 Å². The Morgan fingerprint density at radius 2 is 2.07 bits per heavy atom. The molecule has 1 N–H and O–H groups in total. The van der Waals surface area contributed by atoms with Gasteiger partial charge in [0.1, 0.15) is 5.82 Å². The number of halogens is 1. The molecule has 1 amide bonds. The standard InChI is InChI=1S/C12H14FNO/c1-7(2)12(3)9-5-4-8(13)6-10(9)14-11(12)15/h4-7H,1-3H3,(H,14,15)/t12-/m1/s1. The molecule has 1 heterocycles. The van der Waals surface area contributed by atoms with E-state index in [9.17, 15) is 9.18 Å². The molecule has 15 heavy (non-hydrogen) atoms. The third-order valence-corrected chi connectivity index (χ3v) is 3.42. The average molecular weight is 207 g/mol. The monoisotopic (exact) mass is 207 g/mol. The Morgan fingerprint density at radius 1 is 1.40 bits per heavy atom. The van der Waals surface area contributed by atoms with E-state index in [0.29, 0.717) is 5.69 Å². The largest absolute Gasteiger partial charge is 0.325 e. The summed E-state index contributed by atoms with van der Waals surface area (Å²) in [5.41, 5.74) is 0.961. The molecule has 2 nitrogen and oxygen atoms in total. The Labute approximate surface area is 88.5 Å². The van der Waals surface area contributed by atoms with Crippen molar-refractivity contribution in [1.82, 2.24) is 0 Å². The molecule has 0 unspecified atom stereocenters. The third kappa shape index (κ3) is 1.26. The van der Waals surface area contributed by atoms with E-state index in [4.69, 9.17) is 0 Å². The molecule has 0 spiro atoms. The Morgan fingerprint density at radius 3 is 2.67 bits per heavy atom. The highest BCUT2D eigenvalue weighted by molar-refractivity contribution is 6.06. The molecular formula is C12H14FNO. The molecule has 0 saturated heterocycles. The highest BCUT2D eigenvalue weighted by Gasteiger charge is 2.44. The average Bonchev–Trinajstić information content (AvgIpc) is 2.39. The molecular weight excluding hydrogens is 193 g/mol. The quantitative estimate of drug-likeness (QED) is 0.753. The SMILES string of the molecule is CC(C)[C@@]1(C)C(=O)Nc2cc(F)ccc21. The van der Waals surface area contributed by atoms with Crippen LogP contribution in [0, 0.1) is 11.7 Å². The highest BCUT2D eigenvalue weighted by atomic mass is 19.1. The van der Waals surface area contributed by atoms with Crippen molar-refractivity contribution in [3.05, 3.63) is 29.6 Å². The van der Waals surface area contributed by atoms with E-state index < -0.39 is 5.41 Å². The molecule has 0 bridgehead atoms. The van der Waals surface area contributed by atoms with Gasteiger partial charge in [-0.05, 0) is 30.5 Å². The topological polar surface area (TPSA) is 29.1 Å². The molecule has 3 heteroatoms. The molecule has 0 radical (unpaired) electrons. The van der Waals surface area contributed by atoms with Gasteiger partial charge in [-0.15, -0.1) is 0 Å². The fourth-order valence-corrected chi connectivity index (χ4v) is 2.02. The maximum absolute atomic E-state index is 13.0. The van der Waals surface area contributed by atoms with Crippen molar-refractivity contribution in [2.24, 2.45) is 5.92 Å². The number of nitrogens with one attached hydrogen (secondary N) is 1. The van der Waals surface area contributed by atoms with Crippen molar-refractivity contribution < 1.29 is 9.18 Å². The molecule has 0 saturated carbocycles. The minimum absolute atomic E-state index is 0.0434.